The van der Waals surface area contributed by atoms with Crippen molar-refractivity contribution in [3.8, 4) is 0 Å². The summed E-state index contributed by atoms with van der Waals surface area (Å²) < 4.78 is 0. The van der Waals surface area contributed by atoms with Gasteiger partial charge in [0.05, 0.1) is 6.54 Å². The van der Waals surface area contributed by atoms with Crippen LogP contribution in [0.1, 0.15) is 36.6 Å². The van der Waals surface area contributed by atoms with Crippen molar-refractivity contribution in [1.82, 2.24) is 15.2 Å². The molecule has 2 N–H and O–H groups in total. The van der Waals surface area contributed by atoms with Gasteiger partial charge in [-0.15, -0.1) is 0 Å². The van der Waals surface area contributed by atoms with Gasteiger partial charge in [0.25, 0.3) is 5.56 Å². The fraction of sp³-hybridized carbons (Fsp3) is 0.600. The predicted molar refractivity (Wildman–Crippen MR) is 78.7 cm³/mol. The zero-order valence-electron chi connectivity index (χ0n) is 12.5. The first kappa shape index (κ1) is 14.6. The van der Waals surface area contributed by atoms with Crippen LogP contribution in [0.2, 0.25) is 0 Å². The van der Waals surface area contributed by atoms with Crippen molar-refractivity contribution in [2.75, 3.05) is 13.1 Å². The second-order valence-corrected chi connectivity index (χ2v) is 5.77. The van der Waals surface area contributed by atoms with Crippen molar-refractivity contribution in [3.63, 3.8) is 0 Å². The van der Waals surface area contributed by atoms with Crippen LogP contribution in [0.5, 0.6) is 0 Å². The first-order valence-electron chi connectivity index (χ1n) is 7.19. The summed E-state index contributed by atoms with van der Waals surface area (Å²) >= 11 is 0. The maximum Gasteiger partial charge on any atom is 0.317 e. The molecule has 0 radical (unpaired) electrons. The summed E-state index contributed by atoms with van der Waals surface area (Å²) in [4.78, 5) is 28.5. The second-order valence-electron chi connectivity index (χ2n) is 5.77. The van der Waals surface area contributed by atoms with Crippen molar-refractivity contribution in [3.05, 3.63) is 33.2 Å². The van der Waals surface area contributed by atoms with Crippen LogP contribution in [0.25, 0.3) is 0 Å². The summed E-state index contributed by atoms with van der Waals surface area (Å²) in [5.74, 6) is 0.696. The summed E-state index contributed by atoms with van der Waals surface area (Å²) in [5.41, 5.74) is 2.27. The van der Waals surface area contributed by atoms with Crippen LogP contribution in [0.15, 0.2) is 10.9 Å². The van der Waals surface area contributed by atoms with Crippen molar-refractivity contribution in [1.29, 1.82) is 0 Å². The largest absolute Gasteiger partial charge is 0.334 e. The van der Waals surface area contributed by atoms with E-state index < -0.39 is 0 Å². The zero-order chi connectivity index (χ0) is 14.7. The van der Waals surface area contributed by atoms with Crippen LogP contribution >= 0.6 is 0 Å². The van der Waals surface area contributed by atoms with Crippen molar-refractivity contribution >= 4 is 6.03 Å². The molecule has 0 aliphatic carbocycles. The molecule has 0 aromatic carbocycles. The third-order valence-electron chi connectivity index (χ3n) is 3.98. The number of piperidine rings is 1. The fourth-order valence-corrected chi connectivity index (χ4v) is 2.59. The van der Waals surface area contributed by atoms with Crippen LogP contribution in [-0.2, 0) is 6.54 Å². The fourth-order valence-electron chi connectivity index (χ4n) is 2.59. The summed E-state index contributed by atoms with van der Waals surface area (Å²) in [6.07, 6.45) is 2.11. The lowest BCUT2D eigenvalue weighted by atomic mass is 10.00. The van der Waals surface area contributed by atoms with Crippen LogP contribution in [0.4, 0.5) is 4.79 Å². The molecule has 5 heteroatoms. The van der Waals surface area contributed by atoms with Crippen molar-refractivity contribution in [2.45, 2.75) is 40.2 Å². The predicted octanol–water partition coefficient (Wildman–Crippen LogP) is 1.93. The molecule has 0 unspecified atom stereocenters. The molecule has 0 saturated carbocycles. The highest BCUT2D eigenvalue weighted by atomic mass is 16.2. The van der Waals surface area contributed by atoms with Gasteiger partial charge in [0, 0.05) is 24.3 Å². The highest BCUT2D eigenvalue weighted by molar-refractivity contribution is 5.74. The molecule has 0 atom stereocenters. The Labute approximate surface area is 119 Å². The highest BCUT2D eigenvalue weighted by Crippen LogP contribution is 2.15. The monoisotopic (exact) mass is 277 g/mol. The van der Waals surface area contributed by atoms with E-state index in [0.717, 1.165) is 37.2 Å². The van der Waals surface area contributed by atoms with E-state index in [1.807, 2.05) is 24.8 Å². The third-order valence-corrected chi connectivity index (χ3v) is 3.98. The SMILES string of the molecule is Cc1cc(C)c(CNC(=O)N2CCC(C)CC2)c(=O)[nH]1. The molecule has 110 valence electrons. The van der Waals surface area contributed by atoms with Gasteiger partial charge in [0.15, 0.2) is 0 Å². The minimum absolute atomic E-state index is 0.0729. The molecule has 1 aromatic rings. The van der Waals surface area contributed by atoms with Gasteiger partial charge in [-0.25, -0.2) is 4.79 Å². The molecular weight excluding hydrogens is 254 g/mol. The van der Waals surface area contributed by atoms with Crippen molar-refractivity contribution < 1.29 is 4.79 Å². The first-order chi connectivity index (χ1) is 9.47. The average molecular weight is 277 g/mol. The number of urea groups is 1. The molecular formula is C15H23N3O2. The quantitative estimate of drug-likeness (QED) is 0.867. The van der Waals surface area contributed by atoms with E-state index >= 15 is 0 Å². The number of rotatable bonds is 2. The molecule has 0 spiro atoms. The molecule has 1 aliphatic rings. The standard InChI is InChI=1S/C15H23N3O2/c1-10-4-6-18(7-5-10)15(20)16-9-13-11(2)8-12(3)17-14(13)19/h8,10H,4-7,9H2,1-3H3,(H,16,20)(H,17,19). The molecule has 20 heavy (non-hydrogen) atoms. The minimum atomic E-state index is -0.116. The average Bonchev–Trinajstić information content (AvgIpc) is 2.38. The number of nitrogens with zero attached hydrogens (tertiary/aromatic N) is 1. The Morgan fingerprint density at radius 3 is 2.65 bits per heavy atom. The number of likely N-dealkylation sites (tertiary alicyclic amines) is 1. The Hall–Kier alpha value is -1.78. The van der Waals surface area contributed by atoms with Gasteiger partial charge in [-0.05, 0) is 44.2 Å². The van der Waals surface area contributed by atoms with Gasteiger partial charge in [-0.3, -0.25) is 4.79 Å². The number of pyridine rings is 1. The van der Waals surface area contributed by atoms with E-state index in [0.29, 0.717) is 11.5 Å². The van der Waals surface area contributed by atoms with Gasteiger partial charge >= 0.3 is 6.03 Å². The number of carbonyl (C=O) groups excluding carboxylic acids is 1. The van der Waals surface area contributed by atoms with Crippen LogP contribution in [0.3, 0.4) is 0 Å². The summed E-state index contributed by atoms with van der Waals surface area (Å²) in [5, 5.41) is 2.85. The van der Waals surface area contributed by atoms with Gasteiger partial charge < -0.3 is 15.2 Å². The van der Waals surface area contributed by atoms with E-state index in [1.54, 1.807) is 0 Å². The van der Waals surface area contributed by atoms with E-state index in [4.69, 9.17) is 0 Å². The Kier molecular flexibility index (Phi) is 4.47. The van der Waals surface area contributed by atoms with E-state index in [1.165, 1.54) is 0 Å². The van der Waals surface area contributed by atoms with Gasteiger partial charge in [0.1, 0.15) is 0 Å². The number of hydrogen-bond acceptors (Lipinski definition) is 2. The second kappa shape index (κ2) is 6.11. The number of hydrogen-bond donors (Lipinski definition) is 2. The van der Waals surface area contributed by atoms with Gasteiger partial charge in [-0.2, -0.15) is 0 Å². The molecule has 1 aliphatic heterocycles. The van der Waals surface area contributed by atoms with Crippen LogP contribution in [0, 0.1) is 19.8 Å². The molecule has 2 heterocycles. The maximum atomic E-state index is 12.1. The Bertz CT molecular complexity index is 543. The number of H-pyrrole nitrogens is 1. The number of nitrogens with one attached hydrogen (secondary N) is 2. The lowest BCUT2D eigenvalue weighted by molar-refractivity contribution is 0.173. The van der Waals surface area contributed by atoms with E-state index in [-0.39, 0.29) is 18.1 Å². The smallest absolute Gasteiger partial charge is 0.317 e. The van der Waals surface area contributed by atoms with Gasteiger partial charge in [-0.1, -0.05) is 6.92 Å². The zero-order valence-corrected chi connectivity index (χ0v) is 12.5. The summed E-state index contributed by atoms with van der Waals surface area (Å²) in [6.45, 7) is 7.85. The number of carbonyl (C=O) groups is 1. The normalized spacial score (nSPS) is 16.2. The molecule has 0 bridgehead atoms. The molecule has 2 amide bonds. The summed E-state index contributed by atoms with van der Waals surface area (Å²) in [7, 11) is 0. The van der Waals surface area contributed by atoms with E-state index in [2.05, 4.69) is 17.2 Å². The molecule has 2 rings (SSSR count). The lowest BCUT2D eigenvalue weighted by Gasteiger charge is -2.30. The molecule has 1 aromatic heterocycles. The highest BCUT2D eigenvalue weighted by Gasteiger charge is 2.20. The van der Waals surface area contributed by atoms with Crippen LogP contribution in [-0.4, -0.2) is 29.0 Å². The maximum absolute atomic E-state index is 12.1. The first-order valence-corrected chi connectivity index (χ1v) is 7.19. The minimum Gasteiger partial charge on any atom is -0.334 e. The lowest BCUT2D eigenvalue weighted by Crippen LogP contribution is -2.44. The third kappa shape index (κ3) is 3.40. The number of amides is 2. The molecule has 1 fully saturated rings. The molecule has 1 saturated heterocycles. The number of aromatic nitrogens is 1. The van der Waals surface area contributed by atoms with Crippen molar-refractivity contribution in [2.24, 2.45) is 5.92 Å². The number of aryl methyl sites for hydroxylation is 2. The molecule has 5 nitrogen and oxygen atoms in total. The topological polar surface area (TPSA) is 65.2 Å². The Balaban J connectivity index is 1.95. The van der Waals surface area contributed by atoms with Crippen LogP contribution < -0.4 is 10.9 Å². The summed E-state index contributed by atoms with van der Waals surface area (Å²) in [6, 6.07) is 1.85. The van der Waals surface area contributed by atoms with E-state index in [9.17, 15) is 9.59 Å². The van der Waals surface area contributed by atoms with Gasteiger partial charge in [0.2, 0.25) is 0 Å². The Morgan fingerprint density at radius 1 is 1.40 bits per heavy atom. The number of aromatic amines is 1. The Morgan fingerprint density at radius 2 is 2.05 bits per heavy atom.